The zero-order valence-electron chi connectivity index (χ0n) is 16.5. The topological polar surface area (TPSA) is 83.6 Å². The standard InChI is InChI=1S/C21H22ClN5O3/c1-23-20(28)14-25-7-9-26(10-8-25)21(29)17-13-18(19-6-3-11-30-19)27(24-17)16-5-2-4-15(22)12-16/h2-6,11-13H,7-10,14H2,1H3,(H,23,28). The molecule has 0 unspecified atom stereocenters. The highest BCUT2D eigenvalue weighted by molar-refractivity contribution is 6.30. The van der Waals surface area contributed by atoms with Gasteiger partial charge in [-0.1, -0.05) is 17.7 Å². The van der Waals surface area contributed by atoms with E-state index in [9.17, 15) is 9.59 Å². The SMILES string of the molecule is CNC(=O)CN1CCN(C(=O)c2cc(-c3ccco3)n(-c3cccc(Cl)c3)n2)CC1. The van der Waals surface area contributed by atoms with E-state index in [1.165, 1.54) is 0 Å². The summed E-state index contributed by atoms with van der Waals surface area (Å²) in [6.07, 6.45) is 1.58. The Labute approximate surface area is 179 Å². The van der Waals surface area contributed by atoms with Crippen LogP contribution in [0.4, 0.5) is 0 Å². The molecule has 0 spiro atoms. The van der Waals surface area contributed by atoms with Crippen LogP contribution < -0.4 is 5.32 Å². The number of carbonyl (C=O) groups excluding carboxylic acids is 2. The number of nitrogens with one attached hydrogen (secondary N) is 1. The molecule has 1 fully saturated rings. The van der Waals surface area contributed by atoms with Gasteiger partial charge >= 0.3 is 0 Å². The maximum absolute atomic E-state index is 13.1. The van der Waals surface area contributed by atoms with Crippen LogP contribution in [0.5, 0.6) is 0 Å². The smallest absolute Gasteiger partial charge is 0.274 e. The number of benzene rings is 1. The van der Waals surface area contributed by atoms with E-state index in [1.54, 1.807) is 47.2 Å². The summed E-state index contributed by atoms with van der Waals surface area (Å²) in [4.78, 5) is 28.5. The number of aromatic nitrogens is 2. The van der Waals surface area contributed by atoms with E-state index in [-0.39, 0.29) is 11.8 Å². The molecule has 0 saturated carbocycles. The highest BCUT2D eigenvalue weighted by atomic mass is 35.5. The molecule has 30 heavy (non-hydrogen) atoms. The van der Waals surface area contributed by atoms with Crippen LogP contribution in [0.15, 0.2) is 53.1 Å². The fourth-order valence-corrected chi connectivity index (χ4v) is 3.63. The zero-order chi connectivity index (χ0) is 21.1. The van der Waals surface area contributed by atoms with E-state index in [4.69, 9.17) is 16.0 Å². The first-order valence-electron chi connectivity index (χ1n) is 9.67. The molecule has 1 N–H and O–H groups in total. The lowest BCUT2D eigenvalue weighted by molar-refractivity contribution is -0.122. The Hall–Kier alpha value is -3.10. The molecule has 9 heteroatoms. The van der Waals surface area contributed by atoms with Gasteiger partial charge in [-0.2, -0.15) is 5.10 Å². The van der Waals surface area contributed by atoms with Crippen LogP contribution in [0.3, 0.4) is 0 Å². The second-order valence-electron chi connectivity index (χ2n) is 7.03. The third-order valence-electron chi connectivity index (χ3n) is 5.06. The van der Waals surface area contributed by atoms with Crippen LogP contribution >= 0.6 is 11.6 Å². The number of hydrogen-bond donors (Lipinski definition) is 1. The first kappa shape index (κ1) is 20.2. The highest BCUT2D eigenvalue weighted by Crippen LogP contribution is 2.26. The van der Waals surface area contributed by atoms with Gasteiger partial charge in [-0.25, -0.2) is 4.68 Å². The Balaban J connectivity index is 1.57. The third-order valence-corrected chi connectivity index (χ3v) is 5.30. The predicted octanol–water partition coefficient (Wildman–Crippen LogP) is 2.29. The summed E-state index contributed by atoms with van der Waals surface area (Å²) in [6, 6.07) is 12.6. The van der Waals surface area contributed by atoms with Crippen molar-refractivity contribution in [2.24, 2.45) is 0 Å². The maximum atomic E-state index is 13.1. The van der Waals surface area contributed by atoms with Crippen molar-refractivity contribution in [1.29, 1.82) is 0 Å². The van der Waals surface area contributed by atoms with E-state index < -0.39 is 0 Å². The van der Waals surface area contributed by atoms with Crippen LogP contribution in [0.25, 0.3) is 17.1 Å². The van der Waals surface area contributed by atoms with E-state index in [0.29, 0.717) is 54.9 Å². The van der Waals surface area contributed by atoms with Crippen LogP contribution in [0.2, 0.25) is 5.02 Å². The summed E-state index contributed by atoms with van der Waals surface area (Å²) >= 11 is 6.15. The van der Waals surface area contributed by atoms with Crippen molar-refractivity contribution in [3.8, 4) is 17.1 Å². The van der Waals surface area contributed by atoms with Gasteiger partial charge in [0.05, 0.1) is 18.5 Å². The molecule has 1 saturated heterocycles. The van der Waals surface area contributed by atoms with Gasteiger partial charge in [-0.15, -0.1) is 0 Å². The van der Waals surface area contributed by atoms with Gasteiger partial charge in [0.25, 0.3) is 5.91 Å². The molecule has 0 atom stereocenters. The largest absolute Gasteiger partial charge is 0.463 e. The minimum absolute atomic E-state index is 0.0295. The first-order chi connectivity index (χ1) is 14.5. The van der Waals surface area contributed by atoms with Crippen LogP contribution in [0, 0.1) is 0 Å². The monoisotopic (exact) mass is 427 g/mol. The Morgan fingerprint density at radius 1 is 1.13 bits per heavy atom. The van der Waals surface area contributed by atoms with E-state index in [2.05, 4.69) is 10.4 Å². The van der Waals surface area contributed by atoms with Gasteiger partial charge in [0.1, 0.15) is 5.69 Å². The van der Waals surface area contributed by atoms with Crippen LogP contribution in [-0.2, 0) is 4.79 Å². The first-order valence-corrected chi connectivity index (χ1v) is 10.0. The molecular formula is C21H22ClN5O3. The molecular weight excluding hydrogens is 406 g/mol. The highest BCUT2D eigenvalue weighted by Gasteiger charge is 2.26. The molecule has 0 bridgehead atoms. The average molecular weight is 428 g/mol. The molecule has 0 radical (unpaired) electrons. The fourth-order valence-electron chi connectivity index (χ4n) is 3.44. The Bertz CT molecular complexity index is 1040. The second kappa shape index (κ2) is 8.73. The number of halogens is 1. The Kier molecular flexibility index (Phi) is 5.87. The quantitative estimate of drug-likeness (QED) is 0.675. The fraction of sp³-hybridized carbons (Fsp3) is 0.286. The number of rotatable bonds is 5. The number of amides is 2. The third kappa shape index (κ3) is 4.24. The zero-order valence-corrected chi connectivity index (χ0v) is 17.3. The summed E-state index contributed by atoms with van der Waals surface area (Å²) in [5.74, 6) is 0.429. The number of piperazine rings is 1. The number of carbonyl (C=O) groups is 2. The Morgan fingerprint density at radius 3 is 2.60 bits per heavy atom. The van der Waals surface area contributed by atoms with Crippen molar-refractivity contribution in [3.05, 3.63) is 59.4 Å². The predicted molar refractivity (Wildman–Crippen MR) is 113 cm³/mol. The lowest BCUT2D eigenvalue weighted by Crippen LogP contribution is -2.51. The molecule has 2 amide bonds. The maximum Gasteiger partial charge on any atom is 0.274 e. The number of hydrogen-bond acceptors (Lipinski definition) is 5. The molecule has 0 aliphatic carbocycles. The van der Waals surface area contributed by atoms with Crippen molar-refractivity contribution in [2.45, 2.75) is 0 Å². The average Bonchev–Trinajstić information content (AvgIpc) is 3.43. The lowest BCUT2D eigenvalue weighted by Gasteiger charge is -2.33. The minimum Gasteiger partial charge on any atom is -0.463 e. The van der Waals surface area contributed by atoms with Crippen molar-refractivity contribution < 1.29 is 14.0 Å². The minimum atomic E-state index is -0.150. The molecule has 4 rings (SSSR count). The molecule has 1 aliphatic rings. The van der Waals surface area contributed by atoms with Crippen molar-refractivity contribution in [2.75, 3.05) is 39.8 Å². The van der Waals surface area contributed by atoms with Gasteiger partial charge in [-0.3, -0.25) is 14.5 Å². The Morgan fingerprint density at radius 2 is 1.93 bits per heavy atom. The van der Waals surface area contributed by atoms with Gasteiger partial charge in [0.2, 0.25) is 5.91 Å². The lowest BCUT2D eigenvalue weighted by atomic mass is 10.2. The number of nitrogens with zero attached hydrogens (tertiary/aromatic N) is 4. The normalized spacial score (nSPS) is 14.7. The van der Waals surface area contributed by atoms with Gasteiger partial charge in [0, 0.05) is 44.3 Å². The molecule has 8 nitrogen and oxygen atoms in total. The summed E-state index contributed by atoms with van der Waals surface area (Å²) in [6.45, 7) is 2.69. The van der Waals surface area contributed by atoms with Gasteiger partial charge in [-0.05, 0) is 30.3 Å². The van der Waals surface area contributed by atoms with E-state index in [0.717, 1.165) is 5.69 Å². The van der Waals surface area contributed by atoms with Crippen LogP contribution in [-0.4, -0.2) is 71.2 Å². The van der Waals surface area contributed by atoms with E-state index in [1.807, 2.05) is 23.1 Å². The summed E-state index contributed by atoms with van der Waals surface area (Å²) in [7, 11) is 1.62. The summed E-state index contributed by atoms with van der Waals surface area (Å²) in [5, 5.41) is 7.76. The molecule has 3 heterocycles. The molecule has 2 aromatic heterocycles. The number of furan rings is 1. The molecule has 1 aromatic carbocycles. The summed E-state index contributed by atoms with van der Waals surface area (Å²) < 4.78 is 7.22. The van der Waals surface area contributed by atoms with Gasteiger partial charge < -0.3 is 14.6 Å². The second-order valence-corrected chi connectivity index (χ2v) is 7.46. The van der Waals surface area contributed by atoms with Gasteiger partial charge in [0.15, 0.2) is 11.5 Å². The van der Waals surface area contributed by atoms with E-state index >= 15 is 0 Å². The number of likely N-dealkylation sites (N-methyl/N-ethyl adjacent to an activating group) is 1. The molecule has 1 aliphatic heterocycles. The molecule has 156 valence electrons. The van der Waals surface area contributed by atoms with Crippen molar-refractivity contribution in [3.63, 3.8) is 0 Å². The molecule has 3 aromatic rings. The van der Waals surface area contributed by atoms with Crippen LogP contribution in [0.1, 0.15) is 10.5 Å². The van der Waals surface area contributed by atoms with Crippen molar-refractivity contribution >= 4 is 23.4 Å². The summed E-state index contributed by atoms with van der Waals surface area (Å²) in [5.41, 5.74) is 1.74. The van der Waals surface area contributed by atoms with Crippen molar-refractivity contribution in [1.82, 2.24) is 24.9 Å².